The number of aromatic nitrogens is 4. The summed E-state index contributed by atoms with van der Waals surface area (Å²) in [7, 11) is 0. The molecule has 0 bridgehead atoms. The van der Waals surface area contributed by atoms with E-state index >= 15 is 0 Å². The van der Waals surface area contributed by atoms with Crippen molar-refractivity contribution in [1.82, 2.24) is 24.6 Å². The van der Waals surface area contributed by atoms with Gasteiger partial charge in [-0.15, -0.1) is 0 Å². The highest BCUT2D eigenvalue weighted by Gasteiger charge is 2.21. The molecule has 4 rings (SSSR count). The Labute approximate surface area is 153 Å². The predicted molar refractivity (Wildman–Crippen MR) is 99.4 cm³/mol. The molecule has 0 radical (unpaired) electrons. The maximum absolute atomic E-state index is 5.54. The molecule has 0 aromatic carbocycles. The fourth-order valence-corrected chi connectivity index (χ4v) is 3.33. The normalized spacial score (nSPS) is 15.7. The van der Waals surface area contributed by atoms with Crippen molar-refractivity contribution in [3.63, 3.8) is 0 Å². The summed E-state index contributed by atoms with van der Waals surface area (Å²) in [5.41, 5.74) is 1.06. The van der Waals surface area contributed by atoms with Crippen molar-refractivity contribution in [1.29, 1.82) is 0 Å². The van der Waals surface area contributed by atoms with Gasteiger partial charge in [0.15, 0.2) is 12.2 Å². The smallest absolute Gasteiger partial charge is 0.181 e. The Hall–Kier alpha value is -2.67. The van der Waals surface area contributed by atoms with E-state index in [1.54, 1.807) is 17.3 Å². The Balaban J connectivity index is 1.39. The molecule has 1 aliphatic rings. The van der Waals surface area contributed by atoms with Gasteiger partial charge in [-0.05, 0) is 18.2 Å². The minimum absolute atomic E-state index is 0.364. The lowest BCUT2D eigenvalue weighted by Crippen LogP contribution is -2.46. The van der Waals surface area contributed by atoms with Crippen LogP contribution >= 0.6 is 0 Å². The van der Waals surface area contributed by atoms with E-state index in [1.165, 1.54) is 0 Å². The third-order valence-electron chi connectivity index (χ3n) is 4.73. The number of nitrogens with zero attached hydrogens (tertiary/aromatic N) is 6. The summed E-state index contributed by atoms with van der Waals surface area (Å²) in [5, 5.41) is 4.26. The molecule has 0 aliphatic carbocycles. The summed E-state index contributed by atoms with van der Waals surface area (Å²) < 4.78 is 7.33. The fourth-order valence-electron chi connectivity index (χ4n) is 3.33. The molecule has 3 aromatic rings. The van der Waals surface area contributed by atoms with Crippen molar-refractivity contribution >= 4 is 5.82 Å². The first kappa shape index (κ1) is 16.8. The molecule has 26 heavy (non-hydrogen) atoms. The molecule has 1 fully saturated rings. The van der Waals surface area contributed by atoms with Gasteiger partial charge in [0.2, 0.25) is 0 Å². The molecule has 0 N–H and O–H groups in total. The number of rotatable bonds is 5. The molecule has 0 amide bonds. The van der Waals surface area contributed by atoms with Gasteiger partial charge in [-0.1, -0.05) is 19.9 Å². The zero-order valence-electron chi connectivity index (χ0n) is 15.2. The number of piperazine rings is 1. The SMILES string of the molecule is CC(C)c1ocnc1CN1CCN(c2cccc(-n3cccn3)n2)CC1. The molecule has 0 saturated carbocycles. The number of hydrogen-bond donors (Lipinski definition) is 0. The van der Waals surface area contributed by atoms with Gasteiger partial charge in [-0.25, -0.2) is 14.6 Å². The Morgan fingerprint density at radius 3 is 2.62 bits per heavy atom. The number of pyridine rings is 1. The van der Waals surface area contributed by atoms with Crippen LogP contribution < -0.4 is 4.90 Å². The molecule has 1 aliphatic heterocycles. The van der Waals surface area contributed by atoms with Crippen LogP contribution in [0.15, 0.2) is 47.5 Å². The van der Waals surface area contributed by atoms with E-state index in [1.807, 2.05) is 24.4 Å². The highest BCUT2D eigenvalue weighted by atomic mass is 16.3. The Morgan fingerprint density at radius 1 is 1.08 bits per heavy atom. The first-order valence-electron chi connectivity index (χ1n) is 9.07. The fraction of sp³-hybridized carbons (Fsp3) is 0.421. The lowest BCUT2D eigenvalue weighted by molar-refractivity contribution is 0.245. The molecular formula is C19H24N6O. The third kappa shape index (κ3) is 3.48. The lowest BCUT2D eigenvalue weighted by atomic mass is 10.1. The molecule has 7 heteroatoms. The lowest BCUT2D eigenvalue weighted by Gasteiger charge is -2.35. The maximum Gasteiger partial charge on any atom is 0.181 e. The molecular weight excluding hydrogens is 328 g/mol. The van der Waals surface area contributed by atoms with Gasteiger partial charge >= 0.3 is 0 Å². The summed E-state index contributed by atoms with van der Waals surface area (Å²) in [6, 6.07) is 7.99. The number of hydrogen-bond acceptors (Lipinski definition) is 6. The second-order valence-corrected chi connectivity index (χ2v) is 6.89. The molecule has 0 spiro atoms. The van der Waals surface area contributed by atoms with Crippen molar-refractivity contribution in [2.45, 2.75) is 26.3 Å². The first-order valence-corrected chi connectivity index (χ1v) is 9.07. The second-order valence-electron chi connectivity index (χ2n) is 6.89. The molecule has 0 unspecified atom stereocenters. The highest BCUT2D eigenvalue weighted by Crippen LogP contribution is 2.21. The van der Waals surface area contributed by atoms with Crippen LogP contribution in [0.3, 0.4) is 0 Å². The first-order chi connectivity index (χ1) is 12.7. The van der Waals surface area contributed by atoms with Crippen LogP contribution in [0.2, 0.25) is 0 Å². The van der Waals surface area contributed by atoms with Crippen molar-refractivity contribution in [3.8, 4) is 5.82 Å². The van der Waals surface area contributed by atoms with Gasteiger partial charge in [0.1, 0.15) is 11.6 Å². The average Bonchev–Trinajstić information content (AvgIpc) is 3.34. The van der Waals surface area contributed by atoms with E-state index in [-0.39, 0.29) is 0 Å². The summed E-state index contributed by atoms with van der Waals surface area (Å²) in [4.78, 5) is 13.9. The largest absolute Gasteiger partial charge is 0.448 e. The minimum Gasteiger partial charge on any atom is -0.448 e. The standard InChI is InChI=1S/C19H24N6O/c1-15(2)19-16(20-14-26-19)13-23-9-11-24(12-10-23)17-5-3-6-18(22-17)25-8-4-7-21-25/h3-8,14-15H,9-13H2,1-2H3. The van der Waals surface area contributed by atoms with Crippen LogP contribution in [0.1, 0.15) is 31.2 Å². The highest BCUT2D eigenvalue weighted by molar-refractivity contribution is 5.43. The summed E-state index contributed by atoms with van der Waals surface area (Å²) in [6.45, 7) is 8.99. The van der Waals surface area contributed by atoms with E-state index in [2.05, 4.69) is 39.8 Å². The zero-order valence-corrected chi connectivity index (χ0v) is 15.2. The number of oxazole rings is 1. The van der Waals surface area contributed by atoms with E-state index < -0.39 is 0 Å². The Kier molecular flexibility index (Phi) is 4.71. The van der Waals surface area contributed by atoms with Gasteiger partial charge in [0, 0.05) is 51.0 Å². The van der Waals surface area contributed by atoms with Crippen LogP contribution in [-0.2, 0) is 6.54 Å². The van der Waals surface area contributed by atoms with Crippen LogP contribution in [0.5, 0.6) is 0 Å². The topological polar surface area (TPSA) is 63.2 Å². The van der Waals surface area contributed by atoms with E-state index in [0.717, 1.165) is 55.8 Å². The monoisotopic (exact) mass is 352 g/mol. The van der Waals surface area contributed by atoms with E-state index in [0.29, 0.717) is 5.92 Å². The molecule has 1 saturated heterocycles. The second kappa shape index (κ2) is 7.29. The van der Waals surface area contributed by atoms with Crippen LogP contribution in [0.4, 0.5) is 5.82 Å². The van der Waals surface area contributed by atoms with Crippen LogP contribution in [-0.4, -0.2) is 50.8 Å². The van der Waals surface area contributed by atoms with Gasteiger partial charge in [-0.2, -0.15) is 5.10 Å². The van der Waals surface area contributed by atoms with Crippen molar-refractivity contribution < 1.29 is 4.42 Å². The Morgan fingerprint density at radius 2 is 1.88 bits per heavy atom. The van der Waals surface area contributed by atoms with E-state index in [4.69, 9.17) is 9.40 Å². The van der Waals surface area contributed by atoms with Crippen LogP contribution in [0, 0.1) is 0 Å². The summed E-state index contributed by atoms with van der Waals surface area (Å²) in [6.07, 6.45) is 5.24. The quantitative estimate of drug-likeness (QED) is 0.703. The molecule has 3 aromatic heterocycles. The van der Waals surface area contributed by atoms with Gasteiger partial charge in [0.25, 0.3) is 0 Å². The van der Waals surface area contributed by atoms with Gasteiger partial charge in [0.05, 0.1) is 5.69 Å². The van der Waals surface area contributed by atoms with Crippen molar-refractivity contribution in [3.05, 3.63) is 54.5 Å². The molecule has 136 valence electrons. The molecule has 7 nitrogen and oxygen atoms in total. The van der Waals surface area contributed by atoms with Gasteiger partial charge in [-0.3, -0.25) is 4.90 Å². The maximum atomic E-state index is 5.54. The summed E-state index contributed by atoms with van der Waals surface area (Å²) >= 11 is 0. The zero-order chi connectivity index (χ0) is 17.9. The average molecular weight is 352 g/mol. The molecule has 0 atom stereocenters. The minimum atomic E-state index is 0.364. The number of anilines is 1. The summed E-state index contributed by atoms with van der Waals surface area (Å²) in [5.74, 6) is 3.21. The van der Waals surface area contributed by atoms with Gasteiger partial charge < -0.3 is 9.32 Å². The van der Waals surface area contributed by atoms with Crippen molar-refractivity contribution in [2.75, 3.05) is 31.1 Å². The van der Waals surface area contributed by atoms with Crippen LogP contribution in [0.25, 0.3) is 5.82 Å². The predicted octanol–water partition coefficient (Wildman–Crippen LogP) is 2.70. The van der Waals surface area contributed by atoms with E-state index in [9.17, 15) is 0 Å². The Bertz CT molecular complexity index is 833. The molecule has 4 heterocycles. The third-order valence-corrected chi connectivity index (χ3v) is 4.73. The van der Waals surface area contributed by atoms with Crippen molar-refractivity contribution in [2.24, 2.45) is 0 Å².